The first-order valence-electron chi connectivity index (χ1n) is 7.39. The monoisotopic (exact) mass is 246 g/mol. The highest BCUT2D eigenvalue weighted by molar-refractivity contribution is 5.45. The van der Waals surface area contributed by atoms with Crippen molar-refractivity contribution in [2.24, 2.45) is 0 Å². The van der Waals surface area contributed by atoms with Crippen LogP contribution in [-0.2, 0) is 6.54 Å². The first-order chi connectivity index (χ1) is 8.81. The fourth-order valence-electron chi connectivity index (χ4n) is 2.63. The van der Waals surface area contributed by atoms with Gasteiger partial charge in [0, 0.05) is 18.3 Å². The van der Waals surface area contributed by atoms with Gasteiger partial charge in [0.05, 0.1) is 0 Å². The Morgan fingerprint density at radius 2 is 1.67 bits per heavy atom. The quantitative estimate of drug-likeness (QED) is 0.819. The lowest BCUT2D eigenvalue weighted by molar-refractivity contribution is 0.331. The molecule has 2 heteroatoms. The van der Waals surface area contributed by atoms with E-state index in [9.17, 15) is 0 Å². The Labute approximate surface area is 111 Å². The number of hydrogen-bond acceptors (Lipinski definition) is 2. The molecule has 1 aliphatic rings. The highest BCUT2D eigenvalue weighted by Crippen LogP contribution is 2.16. The van der Waals surface area contributed by atoms with Gasteiger partial charge in [-0.15, -0.1) is 0 Å². The molecular formula is C16H26N2. The Kier molecular flexibility index (Phi) is 5.06. The van der Waals surface area contributed by atoms with Gasteiger partial charge in [0.15, 0.2) is 0 Å². The van der Waals surface area contributed by atoms with E-state index in [4.69, 9.17) is 0 Å². The van der Waals surface area contributed by atoms with Crippen LogP contribution >= 0.6 is 0 Å². The molecule has 0 aromatic heterocycles. The third kappa shape index (κ3) is 3.74. The SMILES string of the molecule is CCC(CC)Nc1ccc(CN2CCCC2)cc1. The maximum Gasteiger partial charge on any atom is 0.0342 e. The van der Waals surface area contributed by atoms with Crippen LogP contribution in [0.15, 0.2) is 24.3 Å². The molecule has 1 aliphatic heterocycles. The molecule has 1 aromatic rings. The summed E-state index contributed by atoms with van der Waals surface area (Å²) < 4.78 is 0. The molecule has 0 radical (unpaired) electrons. The Morgan fingerprint density at radius 3 is 2.22 bits per heavy atom. The third-order valence-corrected chi connectivity index (χ3v) is 3.92. The normalized spacial score (nSPS) is 16.4. The van der Waals surface area contributed by atoms with Gasteiger partial charge in [-0.3, -0.25) is 4.90 Å². The van der Waals surface area contributed by atoms with Crippen molar-refractivity contribution in [3.63, 3.8) is 0 Å². The van der Waals surface area contributed by atoms with E-state index in [1.807, 2.05) is 0 Å². The van der Waals surface area contributed by atoms with Crippen LogP contribution in [0, 0.1) is 0 Å². The van der Waals surface area contributed by atoms with Crippen molar-refractivity contribution in [1.82, 2.24) is 4.90 Å². The number of nitrogens with zero attached hydrogens (tertiary/aromatic N) is 1. The maximum absolute atomic E-state index is 3.59. The van der Waals surface area contributed by atoms with Gasteiger partial charge in [-0.05, 0) is 56.5 Å². The summed E-state index contributed by atoms with van der Waals surface area (Å²) in [6.07, 6.45) is 5.11. The summed E-state index contributed by atoms with van der Waals surface area (Å²) in [5, 5.41) is 3.59. The summed E-state index contributed by atoms with van der Waals surface area (Å²) in [4.78, 5) is 2.54. The lowest BCUT2D eigenvalue weighted by Crippen LogP contribution is -2.19. The second-order valence-electron chi connectivity index (χ2n) is 5.34. The zero-order chi connectivity index (χ0) is 12.8. The highest BCUT2D eigenvalue weighted by atomic mass is 15.1. The Balaban J connectivity index is 1.88. The molecular weight excluding hydrogens is 220 g/mol. The Hall–Kier alpha value is -1.02. The smallest absolute Gasteiger partial charge is 0.0342 e. The topological polar surface area (TPSA) is 15.3 Å². The minimum atomic E-state index is 0.606. The van der Waals surface area contributed by atoms with E-state index in [1.165, 1.54) is 50.0 Å². The van der Waals surface area contributed by atoms with Crippen molar-refractivity contribution < 1.29 is 0 Å². The van der Waals surface area contributed by atoms with Gasteiger partial charge in [0.1, 0.15) is 0 Å². The van der Waals surface area contributed by atoms with Crippen LogP contribution in [0.3, 0.4) is 0 Å². The fraction of sp³-hybridized carbons (Fsp3) is 0.625. The van der Waals surface area contributed by atoms with E-state index in [0.717, 1.165) is 6.54 Å². The minimum Gasteiger partial charge on any atom is -0.382 e. The van der Waals surface area contributed by atoms with E-state index in [-0.39, 0.29) is 0 Å². The maximum atomic E-state index is 3.59. The van der Waals surface area contributed by atoms with Crippen molar-refractivity contribution in [2.45, 2.75) is 52.1 Å². The van der Waals surface area contributed by atoms with E-state index in [0.29, 0.717) is 6.04 Å². The zero-order valence-corrected chi connectivity index (χ0v) is 11.8. The summed E-state index contributed by atoms with van der Waals surface area (Å²) in [5.41, 5.74) is 2.70. The van der Waals surface area contributed by atoms with Gasteiger partial charge >= 0.3 is 0 Å². The van der Waals surface area contributed by atoms with Crippen molar-refractivity contribution in [1.29, 1.82) is 0 Å². The standard InChI is InChI=1S/C16H26N2/c1-3-15(4-2)17-16-9-7-14(8-10-16)13-18-11-5-6-12-18/h7-10,15,17H,3-6,11-13H2,1-2H3. The molecule has 0 saturated carbocycles. The molecule has 1 fully saturated rings. The van der Waals surface area contributed by atoms with Gasteiger partial charge in [0.25, 0.3) is 0 Å². The van der Waals surface area contributed by atoms with Crippen LogP contribution in [0.2, 0.25) is 0 Å². The van der Waals surface area contributed by atoms with Crippen LogP contribution in [0.5, 0.6) is 0 Å². The van der Waals surface area contributed by atoms with Gasteiger partial charge in [0.2, 0.25) is 0 Å². The van der Waals surface area contributed by atoms with E-state index in [1.54, 1.807) is 0 Å². The lowest BCUT2D eigenvalue weighted by Gasteiger charge is -2.18. The van der Waals surface area contributed by atoms with Crippen LogP contribution in [0.4, 0.5) is 5.69 Å². The molecule has 18 heavy (non-hydrogen) atoms. The number of rotatable bonds is 6. The number of likely N-dealkylation sites (tertiary alicyclic amines) is 1. The Morgan fingerprint density at radius 1 is 1.06 bits per heavy atom. The van der Waals surface area contributed by atoms with Crippen LogP contribution in [0.1, 0.15) is 45.1 Å². The number of benzene rings is 1. The molecule has 0 amide bonds. The van der Waals surface area contributed by atoms with Gasteiger partial charge < -0.3 is 5.32 Å². The molecule has 0 unspecified atom stereocenters. The molecule has 0 aliphatic carbocycles. The molecule has 0 spiro atoms. The molecule has 0 atom stereocenters. The molecule has 100 valence electrons. The summed E-state index contributed by atoms with van der Waals surface area (Å²) >= 11 is 0. The molecule has 2 nitrogen and oxygen atoms in total. The molecule has 1 saturated heterocycles. The van der Waals surface area contributed by atoms with E-state index >= 15 is 0 Å². The second-order valence-corrected chi connectivity index (χ2v) is 5.34. The second kappa shape index (κ2) is 6.79. The fourth-order valence-corrected chi connectivity index (χ4v) is 2.63. The lowest BCUT2D eigenvalue weighted by atomic mass is 10.1. The van der Waals surface area contributed by atoms with Crippen molar-refractivity contribution in [3.8, 4) is 0 Å². The molecule has 0 bridgehead atoms. The average Bonchev–Trinajstić information content (AvgIpc) is 2.91. The first-order valence-corrected chi connectivity index (χ1v) is 7.39. The van der Waals surface area contributed by atoms with Crippen LogP contribution in [0.25, 0.3) is 0 Å². The van der Waals surface area contributed by atoms with Gasteiger partial charge in [-0.25, -0.2) is 0 Å². The third-order valence-electron chi connectivity index (χ3n) is 3.92. The minimum absolute atomic E-state index is 0.606. The van der Waals surface area contributed by atoms with Gasteiger partial charge in [-0.1, -0.05) is 26.0 Å². The summed E-state index contributed by atoms with van der Waals surface area (Å²) in [6, 6.07) is 9.59. The molecule has 1 heterocycles. The van der Waals surface area contributed by atoms with Crippen molar-refractivity contribution in [3.05, 3.63) is 29.8 Å². The zero-order valence-electron chi connectivity index (χ0n) is 11.8. The first kappa shape index (κ1) is 13.4. The van der Waals surface area contributed by atoms with Crippen molar-refractivity contribution >= 4 is 5.69 Å². The predicted octanol–water partition coefficient (Wildman–Crippen LogP) is 3.88. The molecule has 2 rings (SSSR count). The number of hydrogen-bond donors (Lipinski definition) is 1. The van der Waals surface area contributed by atoms with E-state index < -0.39 is 0 Å². The van der Waals surface area contributed by atoms with Crippen molar-refractivity contribution in [2.75, 3.05) is 18.4 Å². The van der Waals surface area contributed by atoms with Crippen LogP contribution in [-0.4, -0.2) is 24.0 Å². The van der Waals surface area contributed by atoms with Crippen LogP contribution < -0.4 is 5.32 Å². The predicted molar refractivity (Wildman–Crippen MR) is 78.9 cm³/mol. The number of anilines is 1. The summed E-state index contributed by atoms with van der Waals surface area (Å²) in [5.74, 6) is 0. The summed E-state index contributed by atoms with van der Waals surface area (Å²) in [6.45, 7) is 8.14. The molecule has 1 aromatic carbocycles. The summed E-state index contributed by atoms with van der Waals surface area (Å²) in [7, 11) is 0. The van der Waals surface area contributed by atoms with E-state index in [2.05, 4.69) is 48.3 Å². The molecule has 1 N–H and O–H groups in total. The van der Waals surface area contributed by atoms with Gasteiger partial charge in [-0.2, -0.15) is 0 Å². The number of nitrogens with one attached hydrogen (secondary N) is 1. The Bertz CT molecular complexity index is 312. The average molecular weight is 246 g/mol. The largest absolute Gasteiger partial charge is 0.382 e. The highest BCUT2D eigenvalue weighted by Gasteiger charge is 2.11.